The van der Waals surface area contributed by atoms with Crippen LogP contribution in [0.3, 0.4) is 0 Å². The third-order valence-electron chi connectivity index (χ3n) is 5.92. The molecule has 0 saturated carbocycles. The van der Waals surface area contributed by atoms with Gasteiger partial charge in [0.05, 0.1) is 12.2 Å². The summed E-state index contributed by atoms with van der Waals surface area (Å²) in [5, 5.41) is 15.1. The fraction of sp³-hybridized carbons (Fsp3) is 0.308. The summed E-state index contributed by atoms with van der Waals surface area (Å²) in [5.74, 6) is -1.14. The molecule has 0 radical (unpaired) electrons. The highest BCUT2D eigenvalue weighted by atomic mass is 32.1. The summed E-state index contributed by atoms with van der Waals surface area (Å²) in [4.78, 5) is 39.7. The molecule has 1 aliphatic carbocycles. The molecule has 8 nitrogen and oxygen atoms in total. The second-order valence-corrected chi connectivity index (χ2v) is 9.40. The summed E-state index contributed by atoms with van der Waals surface area (Å²) in [5.41, 5.74) is 5.15. The molecule has 1 heterocycles. The van der Waals surface area contributed by atoms with Crippen LogP contribution in [0.4, 0.5) is 4.79 Å². The number of benzene rings is 2. The first-order valence-corrected chi connectivity index (χ1v) is 12.3. The number of nitrogens with zero attached hydrogens (tertiary/aromatic N) is 1. The lowest BCUT2D eigenvalue weighted by Crippen LogP contribution is -2.27. The predicted molar refractivity (Wildman–Crippen MR) is 133 cm³/mol. The minimum absolute atomic E-state index is 0.0186. The van der Waals surface area contributed by atoms with Crippen LogP contribution in [0.15, 0.2) is 48.5 Å². The molecule has 0 bridgehead atoms. The van der Waals surface area contributed by atoms with E-state index in [1.165, 1.54) is 22.3 Å². The van der Waals surface area contributed by atoms with Crippen molar-refractivity contribution in [3.05, 3.63) is 75.2 Å². The Hall–Kier alpha value is -3.72. The number of fused-ring (bicyclic) bond motifs is 3. The number of thiazole rings is 1. The zero-order valence-corrected chi connectivity index (χ0v) is 20.2. The monoisotopic (exact) mass is 493 g/mol. The highest BCUT2D eigenvalue weighted by molar-refractivity contribution is 7.13. The van der Waals surface area contributed by atoms with Crippen LogP contribution in [-0.4, -0.2) is 41.2 Å². The van der Waals surface area contributed by atoms with Crippen molar-refractivity contribution in [3.63, 3.8) is 0 Å². The standard InChI is InChI=1S/C26H27N3O5S/c1-16-24(25(31)32)35-23(29-16)14-28-22(30)12-6-7-13-27-26(33)34-15-21-19-10-4-2-8-17(19)18-9-3-5-11-20(18)21/h2-5,8-11,21H,6-7,12-15H2,1H3,(H,27,33)(H,28,30)(H,31,32). The van der Waals surface area contributed by atoms with Gasteiger partial charge in [-0.25, -0.2) is 14.6 Å². The number of carbonyl (C=O) groups is 3. The van der Waals surface area contributed by atoms with Crippen molar-refractivity contribution in [3.8, 4) is 11.1 Å². The number of carboxylic acids is 1. The van der Waals surface area contributed by atoms with Gasteiger partial charge >= 0.3 is 12.1 Å². The van der Waals surface area contributed by atoms with E-state index in [4.69, 9.17) is 9.84 Å². The molecule has 3 aromatic rings. The van der Waals surface area contributed by atoms with Crippen molar-refractivity contribution in [2.75, 3.05) is 13.2 Å². The van der Waals surface area contributed by atoms with Crippen molar-refractivity contribution < 1.29 is 24.2 Å². The van der Waals surface area contributed by atoms with E-state index >= 15 is 0 Å². The van der Waals surface area contributed by atoms with Gasteiger partial charge in [-0.3, -0.25) is 4.79 Å². The zero-order valence-electron chi connectivity index (χ0n) is 19.4. The van der Waals surface area contributed by atoms with E-state index in [9.17, 15) is 14.4 Å². The summed E-state index contributed by atoms with van der Waals surface area (Å²) in [6, 6.07) is 16.4. The van der Waals surface area contributed by atoms with Gasteiger partial charge in [0.1, 0.15) is 16.5 Å². The summed E-state index contributed by atoms with van der Waals surface area (Å²) in [6.07, 6.45) is 1.08. The number of amides is 2. The van der Waals surface area contributed by atoms with Gasteiger partial charge < -0.3 is 20.5 Å². The molecule has 2 amide bonds. The van der Waals surface area contributed by atoms with E-state index in [1.54, 1.807) is 6.92 Å². The third kappa shape index (κ3) is 5.86. The van der Waals surface area contributed by atoms with Crippen LogP contribution >= 0.6 is 11.3 Å². The maximum atomic E-state index is 12.2. The SMILES string of the molecule is Cc1nc(CNC(=O)CCCCNC(=O)OCC2c3ccccc3-c3ccccc32)sc1C(=O)O. The van der Waals surface area contributed by atoms with E-state index < -0.39 is 12.1 Å². The molecule has 0 saturated heterocycles. The summed E-state index contributed by atoms with van der Waals surface area (Å²) < 4.78 is 5.51. The maximum Gasteiger partial charge on any atom is 0.407 e. The average molecular weight is 494 g/mol. The number of aromatic carboxylic acids is 1. The molecular weight excluding hydrogens is 466 g/mol. The van der Waals surface area contributed by atoms with Crippen LogP contribution in [0.5, 0.6) is 0 Å². The Morgan fingerprint density at radius 2 is 1.66 bits per heavy atom. The van der Waals surface area contributed by atoms with Crippen LogP contribution < -0.4 is 10.6 Å². The Bertz CT molecular complexity index is 1190. The van der Waals surface area contributed by atoms with Gasteiger partial charge in [0.25, 0.3) is 0 Å². The number of aryl methyl sites for hydroxylation is 1. The first-order valence-electron chi connectivity index (χ1n) is 11.5. The quantitative estimate of drug-likeness (QED) is 0.359. The number of ether oxygens (including phenoxy) is 1. The number of hydrogen-bond acceptors (Lipinski definition) is 6. The number of nitrogens with one attached hydrogen (secondary N) is 2. The van der Waals surface area contributed by atoms with Crippen LogP contribution in [0.2, 0.25) is 0 Å². The maximum absolute atomic E-state index is 12.2. The van der Waals surface area contributed by atoms with E-state index in [0.29, 0.717) is 36.5 Å². The number of rotatable bonds is 10. The Balaban J connectivity index is 1.14. The highest BCUT2D eigenvalue weighted by Crippen LogP contribution is 2.44. The Morgan fingerprint density at radius 1 is 1.00 bits per heavy atom. The summed E-state index contributed by atoms with van der Waals surface area (Å²) in [6.45, 7) is 2.52. The second-order valence-electron chi connectivity index (χ2n) is 8.31. The summed E-state index contributed by atoms with van der Waals surface area (Å²) in [7, 11) is 0. The van der Waals surface area contributed by atoms with Gasteiger partial charge in [-0.05, 0) is 42.0 Å². The van der Waals surface area contributed by atoms with Crippen molar-refractivity contribution in [1.29, 1.82) is 0 Å². The van der Waals surface area contributed by atoms with Gasteiger partial charge in [0.15, 0.2) is 0 Å². The molecule has 1 aromatic heterocycles. The lowest BCUT2D eigenvalue weighted by molar-refractivity contribution is -0.121. The predicted octanol–water partition coefficient (Wildman–Crippen LogP) is 4.47. The van der Waals surface area contributed by atoms with Gasteiger partial charge in [0, 0.05) is 18.9 Å². The second kappa shape index (κ2) is 11.1. The van der Waals surface area contributed by atoms with Crippen molar-refractivity contribution in [2.24, 2.45) is 0 Å². The van der Waals surface area contributed by atoms with E-state index in [2.05, 4.69) is 39.9 Å². The molecule has 0 spiro atoms. The van der Waals surface area contributed by atoms with E-state index in [0.717, 1.165) is 11.3 Å². The number of aromatic nitrogens is 1. The van der Waals surface area contributed by atoms with Gasteiger partial charge in [-0.15, -0.1) is 11.3 Å². The Kier molecular flexibility index (Phi) is 7.77. The fourth-order valence-corrected chi connectivity index (χ4v) is 5.08. The van der Waals surface area contributed by atoms with Crippen molar-refractivity contribution in [1.82, 2.24) is 15.6 Å². The van der Waals surface area contributed by atoms with Gasteiger partial charge in [0.2, 0.25) is 5.91 Å². The number of carboxylic acid groups (broad SMARTS) is 1. The molecule has 9 heteroatoms. The average Bonchev–Trinajstić information content (AvgIpc) is 3.39. The molecule has 35 heavy (non-hydrogen) atoms. The largest absolute Gasteiger partial charge is 0.477 e. The highest BCUT2D eigenvalue weighted by Gasteiger charge is 2.28. The van der Waals surface area contributed by atoms with Crippen LogP contribution in [0, 0.1) is 6.92 Å². The number of alkyl carbamates (subject to hydrolysis) is 1. The number of hydrogen-bond donors (Lipinski definition) is 3. The van der Waals surface area contributed by atoms with Crippen molar-refractivity contribution >= 4 is 29.3 Å². The molecule has 4 rings (SSSR count). The molecule has 1 aliphatic rings. The molecule has 0 unspecified atom stereocenters. The molecule has 2 aromatic carbocycles. The molecule has 0 atom stereocenters. The van der Waals surface area contributed by atoms with Crippen LogP contribution in [0.1, 0.15) is 56.7 Å². The van der Waals surface area contributed by atoms with E-state index in [-0.39, 0.29) is 29.9 Å². The minimum Gasteiger partial charge on any atom is -0.477 e. The molecular formula is C26H27N3O5S. The zero-order chi connectivity index (χ0) is 24.8. The van der Waals surface area contributed by atoms with Crippen molar-refractivity contribution in [2.45, 2.75) is 38.6 Å². The normalized spacial score (nSPS) is 12.0. The Labute approximate surface area is 207 Å². The fourth-order valence-electron chi connectivity index (χ4n) is 4.24. The van der Waals surface area contributed by atoms with Crippen LogP contribution in [-0.2, 0) is 16.1 Å². The molecule has 0 aliphatic heterocycles. The summed E-state index contributed by atoms with van der Waals surface area (Å²) >= 11 is 1.06. The van der Waals surface area contributed by atoms with Gasteiger partial charge in [-0.1, -0.05) is 48.5 Å². The lowest BCUT2D eigenvalue weighted by Gasteiger charge is -2.14. The molecule has 182 valence electrons. The first-order chi connectivity index (χ1) is 16.9. The smallest absolute Gasteiger partial charge is 0.407 e. The first kappa shape index (κ1) is 24.4. The topological polar surface area (TPSA) is 118 Å². The van der Waals surface area contributed by atoms with E-state index in [1.807, 2.05) is 24.3 Å². The number of unbranched alkanes of at least 4 members (excludes halogenated alkanes) is 1. The molecule has 3 N–H and O–H groups in total. The molecule has 0 fully saturated rings. The lowest BCUT2D eigenvalue weighted by atomic mass is 9.98. The van der Waals surface area contributed by atoms with Gasteiger partial charge in [-0.2, -0.15) is 0 Å². The number of carbonyl (C=O) groups excluding carboxylic acids is 2. The van der Waals surface area contributed by atoms with Crippen LogP contribution in [0.25, 0.3) is 11.1 Å². The third-order valence-corrected chi connectivity index (χ3v) is 7.06. The Morgan fingerprint density at radius 3 is 2.29 bits per heavy atom. The minimum atomic E-state index is -1.01.